The molecule has 0 radical (unpaired) electrons. The third-order valence-corrected chi connectivity index (χ3v) is 3.17. The van der Waals surface area contributed by atoms with Crippen LogP contribution in [0.5, 0.6) is 0 Å². The Bertz CT molecular complexity index is 842. The highest BCUT2D eigenvalue weighted by molar-refractivity contribution is 5.79. The number of imidazole rings is 1. The smallest absolute Gasteiger partial charge is 0.201 e. The van der Waals surface area contributed by atoms with E-state index in [2.05, 4.69) is 4.98 Å². The number of halogens is 4. The summed E-state index contributed by atoms with van der Waals surface area (Å²) >= 11 is 0. The first-order valence-electron chi connectivity index (χ1n) is 6.01. The van der Waals surface area contributed by atoms with Gasteiger partial charge in [0.1, 0.15) is 17.2 Å². The minimum absolute atomic E-state index is 0.0374. The van der Waals surface area contributed by atoms with Crippen LogP contribution in [0.1, 0.15) is 5.56 Å². The monoisotopic (exact) mass is 295 g/mol. The molecule has 3 rings (SSSR count). The number of hydrogen-bond acceptors (Lipinski definition) is 2. The molecule has 0 fully saturated rings. The Morgan fingerprint density at radius 2 is 1.71 bits per heavy atom. The van der Waals surface area contributed by atoms with Crippen LogP contribution in [0, 0.1) is 23.3 Å². The fraction of sp³-hybridized carbons (Fsp3) is 0.0714. The van der Waals surface area contributed by atoms with E-state index >= 15 is 0 Å². The number of nitrogens with zero attached hydrogens (tertiary/aromatic N) is 2. The summed E-state index contributed by atoms with van der Waals surface area (Å²) in [6.45, 7) is -0.258. The third kappa shape index (κ3) is 2.20. The number of nitrogens with two attached hydrogens (primary N) is 1. The average molecular weight is 295 g/mol. The lowest BCUT2D eigenvalue weighted by atomic mass is 10.2. The summed E-state index contributed by atoms with van der Waals surface area (Å²) in [5.74, 6) is -3.62. The van der Waals surface area contributed by atoms with E-state index in [4.69, 9.17) is 5.73 Å². The first kappa shape index (κ1) is 13.4. The molecule has 0 unspecified atom stereocenters. The summed E-state index contributed by atoms with van der Waals surface area (Å²) in [7, 11) is 0. The molecule has 7 heteroatoms. The van der Waals surface area contributed by atoms with Crippen molar-refractivity contribution in [3.63, 3.8) is 0 Å². The Morgan fingerprint density at radius 3 is 2.48 bits per heavy atom. The van der Waals surface area contributed by atoms with Gasteiger partial charge in [-0.3, -0.25) is 0 Å². The van der Waals surface area contributed by atoms with Crippen LogP contribution in [-0.4, -0.2) is 9.55 Å². The van der Waals surface area contributed by atoms with Crippen LogP contribution in [0.4, 0.5) is 23.5 Å². The molecule has 1 aromatic heterocycles. The molecule has 0 aliphatic rings. The number of fused-ring (bicyclic) bond motifs is 1. The maximum Gasteiger partial charge on any atom is 0.201 e. The van der Waals surface area contributed by atoms with Crippen molar-refractivity contribution in [1.29, 1.82) is 0 Å². The average Bonchev–Trinajstić information content (AvgIpc) is 2.75. The van der Waals surface area contributed by atoms with Crippen molar-refractivity contribution in [3.05, 3.63) is 59.2 Å². The molecule has 3 nitrogen and oxygen atoms in total. The van der Waals surface area contributed by atoms with E-state index in [9.17, 15) is 17.6 Å². The number of nitrogen functional groups attached to an aromatic ring is 1. The van der Waals surface area contributed by atoms with Gasteiger partial charge in [-0.15, -0.1) is 0 Å². The number of rotatable bonds is 2. The Labute approximate surface area is 116 Å². The van der Waals surface area contributed by atoms with Gasteiger partial charge in [-0.05, 0) is 30.3 Å². The van der Waals surface area contributed by atoms with Gasteiger partial charge in [0.05, 0.1) is 12.1 Å². The lowest BCUT2D eigenvalue weighted by molar-refractivity contribution is 0.512. The highest BCUT2D eigenvalue weighted by Gasteiger charge is 2.17. The van der Waals surface area contributed by atoms with Gasteiger partial charge in [-0.1, -0.05) is 0 Å². The van der Waals surface area contributed by atoms with Crippen LogP contribution in [0.3, 0.4) is 0 Å². The minimum Gasteiger partial charge on any atom is -0.369 e. The topological polar surface area (TPSA) is 43.8 Å². The normalized spacial score (nSPS) is 11.2. The standard InChI is InChI=1S/C14H9F4N3/c15-8-1-2-9(16)7(5-8)6-21-13-11(20-14(21)19)4-3-10(17)12(13)18/h1-5H,6H2,(H2,19,20). The van der Waals surface area contributed by atoms with Gasteiger partial charge in [0.15, 0.2) is 11.6 Å². The maximum absolute atomic E-state index is 13.9. The van der Waals surface area contributed by atoms with Crippen LogP contribution >= 0.6 is 0 Å². The van der Waals surface area contributed by atoms with Gasteiger partial charge in [0, 0.05) is 5.56 Å². The first-order chi connectivity index (χ1) is 9.97. The second-order valence-electron chi connectivity index (χ2n) is 4.52. The van der Waals surface area contributed by atoms with Crippen molar-refractivity contribution >= 4 is 17.0 Å². The molecule has 0 saturated carbocycles. The van der Waals surface area contributed by atoms with Gasteiger partial charge in [0.2, 0.25) is 5.95 Å². The summed E-state index contributed by atoms with van der Waals surface area (Å²) in [5, 5.41) is 0. The molecular weight excluding hydrogens is 286 g/mol. The van der Waals surface area contributed by atoms with Crippen molar-refractivity contribution in [1.82, 2.24) is 9.55 Å². The van der Waals surface area contributed by atoms with Crippen LogP contribution in [0.2, 0.25) is 0 Å². The molecule has 0 aliphatic carbocycles. The number of anilines is 1. The lowest BCUT2D eigenvalue weighted by Gasteiger charge is -2.08. The van der Waals surface area contributed by atoms with Crippen molar-refractivity contribution < 1.29 is 17.6 Å². The summed E-state index contributed by atoms with van der Waals surface area (Å²) in [5.41, 5.74) is 5.58. The van der Waals surface area contributed by atoms with E-state index in [1.807, 2.05) is 0 Å². The Hall–Kier alpha value is -2.57. The first-order valence-corrected chi connectivity index (χ1v) is 6.01. The molecule has 1 heterocycles. The predicted octanol–water partition coefficient (Wildman–Crippen LogP) is 3.22. The van der Waals surface area contributed by atoms with E-state index in [-0.39, 0.29) is 29.1 Å². The predicted molar refractivity (Wildman–Crippen MR) is 69.5 cm³/mol. The van der Waals surface area contributed by atoms with Crippen molar-refractivity contribution in [3.8, 4) is 0 Å². The van der Waals surface area contributed by atoms with Gasteiger partial charge < -0.3 is 10.3 Å². The Balaban J connectivity index is 2.18. The fourth-order valence-corrected chi connectivity index (χ4v) is 2.17. The van der Waals surface area contributed by atoms with E-state index in [1.165, 1.54) is 6.07 Å². The Kier molecular flexibility index (Phi) is 3.04. The van der Waals surface area contributed by atoms with Crippen molar-refractivity contribution in [2.45, 2.75) is 6.54 Å². The Morgan fingerprint density at radius 1 is 1.00 bits per heavy atom. The molecule has 0 aliphatic heterocycles. The molecular formula is C14H9F4N3. The number of hydrogen-bond donors (Lipinski definition) is 1. The molecule has 3 aromatic rings. The maximum atomic E-state index is 13.9. The summed E-state index contributed by atoms with van der Waals surface area (Å²) in [4.78, 5) is 3.88. The molecule has 0 atom stereocenters. The van der Waals surface area contributed by atoms with E-state index < -0.39 is 23.3 Å². The summed E-state index contributed by atoms with van der Waals surface area (Å²) in [6, 6.07) is 5.09. The van der Waals surface area contributed by atoms with Crippen LogP contribution in [0.25, 0.3) is 11.0 Å². The molecule has 2 aromatic carbocycles. The van der Waals surface area contributed by atoms with Gasteiger partial charge in [0.25, 0.3) is 0 Å². The molecule has 0 spiro atoms. The van der Waals surface area contributed by atoms with Crippen molar-refractivity contribution in [2.75, 3.05) is 5.73 Å². The minimum atomic E-state index is -1.13. The van der Waals surface area contributed by atoms with Crippen LogP contribution < -0.4 is 5.73 Å². The molecule has 108 valence electrons. The van der Waals surface area contributed by atoms with E-state index in [0.29, 0.717) is 0 Å². The second kappa shape index (κ2) is 4.76. The molecule has 0 saturated heterocycles. The van der Waals surface area contributed by atoms with Gasteiger partial charge in [-0.25, -0.2) is 22.5 Å². The fourth-order valence-electron chi connectivity index (χ4n) is 2.17. The van der Waals surface area contributed by atoms with E-state index in [1.54, 1.807) is 0 Å². The van der Waals surface area contributed by atoms with Crippen LogP contribution in [-0.2, 0) is 6.54 Å². The third-order valence-electron chi connectivity index (χ3n) is 3.17. The molecule has 21 heavy (non-hydrogen) atoms. The quantitative estimate of drug-likeness (QED) is 0.738. The molecule has 2 N–H and O–H groups in total. The zero-order valence-corrected chi connectivity index (χ0v) is 10.6. The van der Waals surface area contributed by atoms with Crippen LogP contribution in [0.15, 0.2) is 30.3 Å². The molecule has 0 bridgehead atoms. The number of aromatic nitrogens is 2. The van der Waals surface area contributed by atoms with Gasteiger partial charge >= 0.3 is 0 Å². The SMILES string of the molecule is Nc1nc2ccc(F)c(F)c2n1Cc1cc(F)ccc1F. The highest BCUT2D eigenvalue weighted by Crippen LogP contribution is 2.24. The molecule has 0 amide bonds. The zero-order valence-electron chi connectivity index (χ0n) is 10.6. The summed E-state index contributed by atoms with van der Waals surface area (Å²) < 4.78 is 55.2. The van der Waals surface area contributed by atoms with Gasteiger partial charge in [-0.2, -0.15) is 0 Å². The highest BCUT2D eigenvalue weighted by atomic mass is 19.2. The zero-order chi connectivity index (χ0) is 15.1. The number of benzene rings is 2. The van der Waals surface area contributed by atoms with E-state index in [0.717, 1.165) is 28.8 Å². The van der Waals surface area contributed by atoms with Crippen molar-refractivity contribution in [2.24, 2.45) is 0 Å². The largest absolute Gasteiger partial charge is 0.369 e. The lowest BCUT2D eigenvalue weighted by Crippen LogP contribution is -2.07. The summed E-state index contributed by atoms with van der Waals surface area (Å²) in [6.07, 6.45) is 0. The second-order valence-corrected chi connectivity index (χ2v) is 4.52.